The number of aromatic nitrogens is 2. The van der Waals surface area contributed by atoms with E-state index in [1.807, 2.05) is 0 Å². The van der Waals surface area contributed by atoms with Crippen LogP contribution in [-0.2, 0) is 23.9 Å². The van der Waals surface area contributed by atoms with E-state index >= 15 is 0 Å². The second-order valence-corrected chi connectivity index (χ2v) is 9.72. The fourth-order valence-corrected chi connectivity index (χ4v) is 5.27. The Morgan fingerprint density at radius 1 is 0.971 bits per heavy atom. The molecule has 3 aromatic carbocycles. The largest absolute Gasteiger partial charge is 0.497 e. The summed E-state index contributed by atoms with van der Waals surface area (Å²) in [6, 6.07) is 15.5. The predicted octanol–water partition coefficient (Wildman–Crippen LogP) is 3.37. The van der Waals surface area contributed by atoms with Crippen molar-refractivity contribution in [2.45, 2.75) is 16.7 Å². The van der Waals surface area contributed by atoms with Gasteiger partial charge in [0.15, 0.2) is 0 Å². The van der Waals surface area contributed by atoms with Crippen LogP contribution in [0.4, 0.5) is 5.69 Å². The van der Waals surface area contributed by atoms with Crippen molar-refractivity contribution >= 4 is 32.5 Å². The molecule has 0 aliphatic rings. The van der Waals surface area contributed by atoms with Crippen LogP contribution in [0, 0.1) is 0 Å². The first-order valence-electron chi connectivity index (χ1n) is 10.8. The van der Waals surface area contributed by atoms with Crippen LogP contribution >= 0.6 is 0 Å². The molecule has 0 aliphatic heterocycles. The molecule has 0 atom stereocenters. The van der Waals surface area contributed by atoms with E-state index in [4.69, 9.17) is 9.47 Å². The Morgan fingerprint density at radius 3 is 2.23 bits per heavy atom. The van der Waals surface area contributed by atoms with Crippen LogP contribution in [0.25, 0.3) is 11.0 Å². The van der Waals surface area contributed by atoms with E-state index in [2.05, 4.69) is 5.32 Å². The Balaban J connectivity index is 1.90. The Labute approximate surface area is 202 Å². The molecule has 4 aromatic rings. The highest BCUT2D eigenvalue weighted by Gasteiger charge is 2.26. The van der Waals surface area contributed by atoms with Gasteiger partial charge in [-0.05, 0) is 55.5 Å². The van der Waals surface area contributed by atoms with Crippen molar-refractivity contribution in [3.8, 4) is 11.5 Å². The van der Waals surface area contributed by atoms with E-state index in [1.54, 1.807) is 57.4 Å². The first-order chi connectivity index (χ1) is 16.7. The smallest absolute Gasteiger partial charge is 0.328 e. The fourth-order valence-electron chi connectivity index (χ4n) is 3.85. The highest BCUT2D eigenvalue weighted by atomic mass is 32.2. The van der Waals surface area contributed by atoms with Crippen molar-refractivity contribution in [1.29, 1.82) is 0 Å². The number of aryl methyl sites for hydroxylation is 2. The number of para-hydroxylation sites is 1. The number of carbonyl (C=O) groups excluding carboxylic acids is 1. The number of nitrogens with one attached hydrogen (secondary N) is 1. The molecule has 10 heteroatoms. The molecule has 0 radical (unpaired) electrons. The first kappa shape index (κ1) is 24.1. The zero-order valence-electron chi connectivity index (χ0n) is 19.7. The highest BCUT2D eigenvalue weighted by Crippen LogP contribution is 2.33. The summed E-state index contributed by atoms with van der Waals surface area (Å²) in [5, 5.41) is 2.72. The van der Waals surface area contributed by atoms with Gasteiger partial charge in [0.1, 0.15) is 11.5 Å². The number of hydrogen-bond donors (Lipinski definition) is 1. The molecular formula is C25H25N3O6S. The lowest BCUT2D eigenvalue weighted by molar-refractivity contribution is 0.102. The molecule has 0 unspecified atom stereocenters. The number of nitrogens with zero attached hydrogens (tertiary/aromatic N) is 2. The molecule has 9 nitrogen and oxygen atoms in total. The lowest BCUT2D eigenvalue weighted by Crippen LogP contribution is -2.19. The molecule has 0 saturated heterocycles. The van der Waals surface area contributed by atoms with Gasteiger partial charge in [-0.3, -0.25) is 13.9 Å². The van der Waals surface area contributed by atoms with Crippen molar-refractivity contribution in [1.82, 2.24) is 9.13 Å². The van der Waals surface area contributed by atoms with Gasteiger partial charge in [0.25, 0.3) is 5.91 Å². The van der Waals surface area contributed by atoms with E-state index in [0.29, 0.717) is 29.1 Å². The van der Waals surface area contributed by atoms with Crippen molar-refractivity contribution in [3.05, 3.63) is 76.7 Å². The standard InChI is InChI=1S/C25H25N3O6S/c1-5-34-22-9-7-6-8-18(22)24(29)26-19-14-20-21(28(3)25(30)27(20)2)15-23(19)35(31,32)17-12-10-16(33-4)11-13-17/h6-15H,5H2,1-4H3,(H,26,29). The molecular weight excluding hydrogens is 470 g/mol. The van der Waals surface area contributed by atoms with Crippen LogP contribution in [0.5, 0.6) is 11.5 Å². The lowest BCUT2D eigenvalue weighted by atomic mass is 10.1. The molecule has 1 aromatic heterocycles. The average molecular weight is 496 g/mol. The van der Waals surface area contributed by atoms with Gasteiger partial charge in [0.2, 0.25) is 9.84 Å². The summed E-state index contributed by atoms with van der Waals surface area (Å²) in [5.41, 5.74) is 0.866. The average Bonchev–Trinajstić information content (AvgIpc) is 3.07. The summed E-state index contributed by atoms with van der Waals surface area (Å²) < 4.78 is 40.8. The minimum absolute atomic E-state index is 0.0174. The molecule has 0 saturated carbocycles. The van der Waals surface area contributed by atoms with Gasteiger partial charge >= 0.3 is 5.69 Å². The number of benzene rings is 3. The molecule has 0 bridgehead atoms. The topological polar surface area (TPSA) is 109 Å². The molecule has 0 fully saturated rings. The second kappa shape index (κ2) is 9.30. The Bertz CT molecular complexity index is 1580. The van der Waals surface area contributed by atoms with E-state index in [0.717, 1.165) is 0 Å². The second-order valence-electron chi connectivity index (χ2n) is 7.80. The number of amides is 1. The van der Waals surface area contributed by atoms with Crippen molar-refractivity contribution < 1.29 is 22.7 Å². The predicted molar refractivity (Wildman–Crippen MR) is 132 cm³/mol. The van der Waals surface area contributed by atoms with Crippen molar-refractivity contribution in [2.75, 3.05) is 19.0 Å². The van der Waals surface area contributed by atoms with Crippen LogP contribution in [0.1, 0.15) is 17.3 Å². The molecule has 182 valence electrons. The monoisotopic (exact) mass is 495 g/mol. The summed E-state index contributed by atoms with van der Waals surface area (Å²) in [6.07, 6.45) is 0. The molecule has 1 heterocycles. The number of methoxy groups -OCH3 is 1. The molecule has 0 aliphatic carbocycles. The normalized spacial score (nSPS) is 11.4. The highest BCUT2D eigenvalue weighted by molar-refractivity contribution is 7.91. The number of ether oxygens (including phenoxy) is 2. The quantitative estimate of drug-likeness (QED) is 0.421. The number of anilines is 1. The van der Waals surface area contributed by atoms with E-state index in [-0.39, 0.29) is 26.7 Å². The van der Waals surface area contributed by atoms with Gasteiger partial charge in [-0.2, -0.15) is 0 Å². The van der Waals surface area contributed by atoms with Gasteiger partial charge in [0.05, 0.1) is 45.8 Å². The zero-order chi connectivity index (χ0) is 25.3. The minimum atomic E-state index is -4.08. The maximum Gasteiger partial charge on any atom is 0.328 e. The number of hydrogen-bond acceptors (Lipinski definition) is 6. The molecule has 1 N–H and O–H groups in total. The van der Waals surface area contributed by atoms with Gasteiger partial charge in [-0.15, -0.1) is 0 Å². The Morgan fingerprint density at radius 2 is 1.60 bits per heavy atom. The Kier molecular flexibility index (Phi) is 6.40. The van der Waals surface area contributed by atoms with Crippen LogP contribution in [0.15, 0.2) is 75.2 Å². The van der Waals surface area contributed by atoms with Crippen LogP contribution in [-0.4, -0.2) is 37.2 Å². The maximum atomic E-state index is 13.7. The van der Waals surface area contributed by atoms with Crippen LogP contribution < -0.4 is 20.5 Å². The fraction of sp³-hybridized carbons (Fsp3) is 0.200. The molecule has 4 rings (SSSR count). The van der Waals surface area contributed by atoms with Crippen molar-refractivity contribution in [2.24, 2.45) is 14.1 Å². The summed E-state index contributed by atoms with van der Waals surface area (Å²) in [5.74, 6) is 0.340. The number of sulfone groups is 1. The van der Waals surface area contributed by atoms with Gasteiger partial charge < -0.3 is 14.8 Å². The molecule has 35 heavy (non-hydrogen) atoms. The van der Waals surface area contributed by atoms with Gasteiger partial charge in [0, 0.05) is 14.1 Å². The number of fused-ring (bicyclic) bond motifs is 1. The lowest BCUT2D eigenvalue weighted by Gasteiger charge is -2.15. The van der Waals surface area contributed by atoms with E-state index in [9.17, 15) is 18.0 Å². The van der Waals surface area contributed by atoms with Crippen LogP contribution in [0.3, 0.4) is 0 Å². The Hall–Kier alpha value is -4.05. The first-order valence-corrected chi connectivity index (χ1v) is 12.3. The summed E-state index contributed by atoms with van der Waals surface area (Å²) >= 11 is 0. The third-order valence-electron chi connectivity index (χ3n) is 5.71. The summed E-state index contributed by atoms with van der Waals surface area (Å²) in [6.45, 7) is 2.16. The SMILES string of the molecule is CCOc1ccccc1C(=O)Nc1cc2c(cc1S(=O)(=O)c1ccc(OC)cc1)n(C)c(=O)n2C. The summed E-state index contributed by atoms with van der Waals surface area (Å²) in [7, 11) is 0.549. The van der Waals surface area contributed by atoms with E-state index in [1.165, 1.54) is 40.5 Å². The molecule has 0 spiro atoms. The van der Waals surface area contributed by atoms with Crippen molar-refractivity contribution in [3.63, 3.8) is 0 Å². The number of carbonyl (C=O) groups is 1. The maximum absolute atomic E-state index is 13.7. The number of imidazole rings is 1. The third-order valence-corrected chi connectivity index (χ3v) is 7.52. The van der Waals surface area contributed by atoms with Gasteiger partial charge in [-0.1, -0.05) is 12.1 Å². The summed E-state index contributed by atoms with van der Waals surface area (Å²) in [4.78, 5) is 25.6. The minimum Gasteiger partial charge on any atom is -0.497 e. The third kappa shape index (κ3) is 4.28. The number of rotatable bonds is 7. The van der Waals surface area contributed by atoms with Crippen LogP contribution in [0.2, 0.25) is 0 Å². The van der Waals surface area contributed by atoms with E-state index < -0.39 is 15.7 Å². The zero-order valence-corrected chi connectivity index (χ0v) is 20.5. The molecule has 1 amide bonds. The van der Waals surface area contributed by atoms with Gasteiger partial charge in [-0.25, -0.2) is 13.2 Å².